The highest BCUT2D eigenvalue weighted by molar-refractivity contribution is 5.82. The number of anilines is 1. The Balaban J connectivity index is 1.40. The van der Waals surface area contributed by atoms with Crippen molar-refractivity contribution in [3.8, 4) is 0 Å². The third-order valence-electron chi connectivity index (χ3n) is 6.73. The van der Waals surface area contributed by atoms with Crippen molar-refractivity contribution in [3.63, 3.8) is 0 Å². The molecule has 12 nitrogen and oxygen atoms in total. The molecule has 2 fully saturated rings. The number of nitrogens with two attached hydrogens (primary N) is 3. The number of fused-ring (bicyclic) bond motifs is 1. The second-order valence-corrected chi connectivity index (χ2v) is 9.06. The number of ether oxygens (including phenoxy) is 1. The van der Waals surface area contributed by atoms with E-state index in [0.29, 0.717) is 43.5 Å². The number of primary amides is 1. The maximum Gasteiger partial charge on any atom is 0.234 e. The van der Waals surface area contributed by atoms with E-state index >= 15 is 0 Å². The maximum absolute atomic E-state index is 12.5. The van der Waals surface area contributed by atoms with Crippen LogP contribution in [0.15, 0.2) is 12.7 Å². The molecule has 0 saturated carbocycles. The summed E-state index contributed by atoms with van der Waals surface area (Å²) in [5.74, 6) is -0.378. The lowest BCUT2D eigenvalue weighted by atomic mass is 9.75. The molecule has 2 aliphatic heterocycles. The molecule has 1 spiro atoms. The van der Waals surface area contributed by atoms with Crippen LogP contribution in [0.2, 0.25) is 0 Å². The van der Waals surface area contributed by atoms with Crippen LogP contribution in [0.1, 0.15) is 45.1 Å². The van der Waals surface area contributed by atoms with Gasteiger partial charge in [0, 0.05) is 25.9 Å². The molecular formula is C20H30N8O4. The van der Waals surface area contributed by atoms with Gasteiger partial charge in [0.1, 0.15) is 11.8 Å². The summed E-state index contributed by atoms with van der Waals surface area (Å²) < 4.78 is 8.11. The first-order valence-electron chi connectivity index (χ1n) is 10.7. The Labute approximate surface area is 185 Å². The van der Waals surface area contributed by atoms with E-state index < -0.39 is 23.2 Å². The SMILES string of the molecule is C[C@@]1(O)CC2(CCN(C(=O)CC[C@H](N)C(N)=O)CC2)OC[C@H]1n1cnc2c(N)ncnc21. The summed E-state index contributed by atoms with van der Waals surface area (Å²) in [6.45, 7) is 3.11. The number of carbonyl (C=O) groups is 2. The number of piperidine rings is 1. The van der Waals surface area contributed by atoms with E-state index in [1.54, 1.807) is 22.7 Å². The van der Waals surface area contributed by atoms with Crippen molar-refractivity contribution in [1.82, 2.24) is 24.4 Å². The molecule has 174 valence electrons. The zero-order chi connectivity index (χ0) is 23.1. The molecule has 2 saturated heterocycles. The second kappa shape index (κ2) is 8.26. The van der Waals surface area contributed by atoms with Gasteiger partial charge in [0.15, 0.2) is 11.5 Å². The van der Waals surface area contributed by atoms with Crippen LogP contribution >= 0.6 is 0 Å². The van der Waals surface area contributed by atoms with E-state index in [4.69, 9.17) is 21.9 Å². The monoisotopic (exact) mass is 446 g/mol. The van der Waals surface area contributed by atoms with Crippen molar-refractivity contribution in [1.29, 1.82) is 0 Å². The van der Waals surface area contributed by atoms with Crippen LogP contribution in [-0.4, -0.2) is 78.3 Å². The third-order valence-corrected chi connectivity index (χ3v) is 6.73. The van der Waals surface area contributed by atoms with Gasteiger partial charge in [-0.25, -0.2) is 15.0 Å². The Morgan fingerprint density at radius 3 is 2.69 bits per heavy atom. The largest absolute Gasteiger partial charge is 0.388 e. The van der Waals surface area contributed by atoms with Crippen LogP contribution < -0.4 is 17.2 Å². The third kappa shape index (κ3) is 4.12. The number of rotatable bonds is 5. The summed E-state index contributed by atoms with van der Waals surface area (Å²) >= 11 is 0. The smallest absolute Gasteiger partial charge is 0.234 e. The first kappa shape index (κ1) is 22.4. The van der Waals surface area contributed by atoms with Crippen molar-refractivity contribution < 1.29 is 19.4 Å². The van der Waals surface area contributed by atoms with Gasteiger partial charge in [-0.3, -0.25) is 9.59 Å². The Morgan fingerprint density at radius 2 is 2.03 bits per heavy atom. The number of likely N-dealkylation sites (tertiary alicyclic amines) is 1. The molecule has 0 aliphatic carbocycles. The van der Waals surface area contributed by atoms with Gasteiger partial charge in [-0.05, 0) is 26.2 Å². The number of carbonyl (C=O) groups excluding carboxylic acids is 2. The molecule has 4 heterocycles. The molecular weight excluding hydrogens is 416 g/mol. The Bertz CT molecular complexity index is 1010. The Hall–Kier alpha value is -2.83. The van der Waals surface area contributed by atoms with Gasteiger partial charge in [0.05, 0.1) is 36.2 Å². The van der Waals surface area contributed by atoms with Gasteiger partial charge in [0.2, 0.25) is 11.8 Å². The zero-order valence-corrected chi connectivity index (χ0v) is 18.1. The van der Waals surface area contributed by atoms with Crippen LogP contribution in [0.5, 0.6) is 0 Å². The molecule has 2 amide bonds. The van der Waals surface area contributed by atoms with Crippen molar-refractivity contribution in [3.05, 3.63) is 12.7 Å². The van der Waals surface area contributed by atoms with Gasteiger partial charge in [-0.15, -0.1) is 0 Å². The fraction of sp³-hybridized carbons (Fsp3) is 0.650. The summed E-state index contributed by atoms with van der Waals surface area (Å²) in [4.78, 5) is 37.8. The van der Waals surface area contributed by atoms with Crippen molar-refractivity contribution in [2.75, 3.05) is 25.4 Å². The standard InChI is InChI=1S/C20H30N8O4/c1-19(31)9-20(4-6-27(7-5-20)14(29)3-2-12(21)17(23)30)32-8-13(19)28-11-26-15-16(22)24-10-25-18(15)28/h10-13,31H,2-9,21H2,1H3,(H2,23,30)(H2,22,24,25)/t12-,13+,19+/m0/s1. The summed E-state index contributed by atoms with van der Waals surface area (Å²) in [7, 11) is 0. The van der Waals surface area contributed by atoms with Gasteiger partial charge >= 0.3 is 0 Å². The van der Waals surface area contributed by atoms with Crippen LogP contribution in [0, 0.1) is 0 Å². The number of aromatic nitrogens is 4. The molecule has 3 atom stereocenters. The number of imidazole rings is 1. The minimum absolute atomic E-state index is 0.0563. The number of amides is 2. The highest BCUT2D eigenvalue weighted by Gasteiger charge is 2.50. The molecule has 7 N–H and O–H groups in total. The van der Waals surface area contributed by atoms with Crippen LogP contribution in [0.3, 0.4) is 0 Å². The molecule has 32 heavy (non-hydrogen) atoms. The van der Waals surface area contributed by atoms with E-state index in [-0.39, 0.29) is 37.2 Å². The molecule has 0 unspecified atom stereocenters. The first-order chi connectivity index (χ1) is 15.1. The molecule has 2 aromatic rings. The molecule has 2 aliphatic rings. The summed E-state index contributed by atoms with van der Waals surface area (Å²) in [6, 6.07) is -1.20. The van der Waals surface area contributed by atoms with Crippen LogP contribution in [0.25, 0.3) is 11.2 Å². The lowest BCUT2D eigenvalue weighted by molar-refractivity contribution is -0.197. The molecule has 12 heteroatoms. The number of nitrogen functional groups attached to an aromatic ring is 1. The number of aliphatic hydroxyl groups is 1. The Kier molecular flexibility index (Phi) is 5.77. The minimum atomic E-state index is -1.08. The molecule has 2 aromatic heterocycles. The highest BCUT2D eigenvalue weighted by atomic mass is 16.5. The normalized spacial score (nSPS) is 26.3. The van der Waals surface area contributed by atoms with Gasteiger partial charge < -0.3 is 36.5 Å². The van der Waals surface area contributed by atoms with Crippen molar-refractivity contribution >= 4 is 28.8 Å². The quantitative estimate of drug-likeness (QED) is 0.450. The van der Waals surface area contributed by atoms with Gasteiger partial charge in [-0.1, -0.05) is 0 Å². The lowest BCUT2D eigenvalue weighted by Crippen LogP contribution is -2.58. The van der Waals surface area contributed by atoms with Crippen molar-refractivity contribution in [2.24, 2.45) is 11.5 Å². The van der Waals surface area contributed by atoms with Crippen LogP contribution in [0.4, 0.5) is 5.82 Å². The fourth-order valence-electron chi connectivity index (χ4n) is 4.80. The van der Waals surface area contributed by atoms with Gasteiger partial charge in [0.25, 0.3) is 0 Å². The predicted octanol–water partition coefficient (Wildman–Crippen LogP) is -0.925. The topological polar surface area (TPSA) is 188 Å². The number of hydrogen-bond donors (Lipinski definition) is 4. The van der Waals surface area contributed by atoms with Crippen LogP contribution in [-0.2, 0) is 14.3 Å². The van der Waals surface area contributed by atoms with Gasteiger partial charge in [-0.2, -0.15) is 0 Å². The summed E-state index contributed by atoms with van der Waals surface area (Å²) in [6.07, 6.45) is 5.03. The molecule has 0 aromatic carbocycles. The predicted molar refractivity (Wildman–Crippen MR) is 115 cm³/mol. The maximum atomic E-state index is 12.5. The molecule has 0 radical (unpaired) electrons. The zero-order valence-electron chi connectivity index (χ0n) is 18.1. The molecule has 4 rings (SSSR count). The second-order valence-electron chi connectivity index (χ2n) is 9.06. The van der Waals surface area contributed by atoms with E-state index in [9.17, 15) is 14.7 Å². The average molecular weight is 447 g/mol. The fourth-order valence-corrected chi connectivity index (χ4v) is 4.80. The summed E-state index contributed by atoms with van der Waals surface area (Å²) in [5, 5.41) is 11.4. The summed E-state index contributed by atoms with van der Waals surface area (Å²) in [5.41, 5.74) is 16.1. The number of hydrogen-bond acceptors (Lipinski definition) is 9. The average Bonchev–Trinajstić information content (AvgIpc) is 3.16. The van der Waals surface area contributed by atoms with E-state index in [1.807, 2.05) is 0 Å². The molecule has 0 bridgehead atoms. The van der Waals surface area contributed by atoms with Crippen molar-refractivity contribution in [2.45, 2.75) is 62.3 Å². The minimum Gasteiger partial charge on any atom is -0.388 e. The lowest BCUT2D eigenvalue weighted by Gasteiger charge is -2.51. The van der Waals surface area contributed by atoms with E-state index in [1.165, 1.54) is 6.33 Å². The highest BCUT2D eigenvalue weighted by Crippen LogP contribution is 2.44. The van der Waals surface area contributed by atoms with E-state index in [0.717, 1.165) is 0 Å². The van der Waals surface area contributed by atoms with E-state index in [2.05, 4.69) is 15.0 Å². The first-order valence-corrected chi connectivity index (χ1v) is 10.7. The number of nitrogens with zero attached hydrogens (tertiary/aromatic N) is 5. The Morgan fingerprint density at radius 1 is 1.31 bits per heavy atom.